The fraction of sp³-hybridized carbons (Fsp3) is 0.267. The van der Waals surface area contributed by atoms with Gasteiger partial charge in [-0.2, -0.15) is 0 Å². The van der Waals surface area contributed by atoms with Gasteiger partial charge in [-0.3, -0.25) is 0 Å². The maximum absolute atomic E-state index is 6.43. The van der Waals surface area contributed by atoms with Gasteiger partial charge in [0.15, 0.2) is 0 Å². The molecule has 0 aliphatic rings. The number of fused-ring (bicyclic) bond motifs is 3. The van der Waals surface area contributed by atoms with E-state index in [9.17, 15) is 0 Å². The molecule has 0 saturated heterocycles. The topological polar surface area (TPSA) is 51.8 Å². The van der Waals surface area contributed by atoms with Gasteiger partial charge in [0.2, 0.25) is 5.71 Å². The van der Waals surface area contributed by atoms with Gasteiger partial charge in [-0.15, -0.1) is 53.6 Å². The largest absolute Gasteiger partial charge is 0.486 e. The molecule has 4 aromatic heterocycles. The molecule has 0 fully saturated rings. The average molecular weight is 836 g/mol. The summed E-state index contributed by atoms with van der Waals surface area (Å²) in [5, 5.41) is 2.06. The first-order valence-corrected chi connectivity index (χ1v) is 17.2. The summed E-state index contributed by atoms with van der Waals surface area (Å²) < 4.78 is 6.43. The number of nitrogens with zero attached hydrogens (tertiary/aromatic N) is 3. The van der Waals surface area contributed by atoms with Gasteiger partial charge in [0.25, 0.3) is 0 Å². The first-order chi connectivity index (χ1) is 23.4. The van der Waals surface area contributed by atoms with Crippen molar-refractivity contribution in [1.82, 2.24) is 15.0 Å². The molecule has 0 N–H and O–H groups in total. The summed E-state index contributed by atoms with van der Waals surface area (Å²) in [6.07, 6.45) is 1.92. The number of aromatic nitrogens is 3. The second-order valence-corrected chi connectivity index (χ2v) is 13.8. The summed E-state index contributed by atoms with van der Waals surface area (Å²) in [6, 6.07) is 31.9. The smallest absolute Gasteiger partial charge is 0.216 e. The maximum Gasteiger partial charge on any atom is 0.216 e. The molecule has 0 spiro atoms. The summed E-state index contributed by atoms with van der Waals surface area (Å²) in [5.41, 5.74) is 17.3. The molecule has 3 aromatic carbocycles. The molecule has 50 heavy (non-hydrogen) atoms. The zero-order valence-electron chi connectivity index (χ0n) is 30.7. The molecule has 0 unspecified atom stereocenters. The van der Waals surface area contributed by atoms with Gasteiger partial charge < -0.3 is 14.4 Å². The third-order valence-electron chi connectivity index (χ3n) is 9.58. The summed E-state index contributed by atoms with van der Waals surface area (Å²) in [7, 11) is 0. The van der Waals surface area contributed by atoms with Crippen molar-refractivity contribution in [2.24, 2.45) is 0 Å². The Hall–Kier alpha value is -4.44. The number of benzene rings is 3. The Morgan fingerprint density at radius 2 is 1.36 bits per heavy atom. The molecular weight excluding hydrogens is 791 g/mol. The van der Waals surface area contributed by atoms with Crippen LogP contribution >= 0.6 is 0 Å². The third kappa shape index (κ3) is 7.36. The van der Waals surface area contributed by atoms with Crippen LogP contribution in [-0.2, 0) is 20.1 Å². The van der Waals surface area contributed by atoms with Crippen LogP contribution in [0.25, 0.3) is 55.8 Å². The molecule has 4 nitrogen and oxygen atoms in total. The Bertz CT molecular complexity index is 2250. The maximum atomic E-state index is 6.43. The summed E-state index contributed by atoms with van der Waals surface area (Å²) in [4.78, 5) is 14.3. The van der Waals surface area contributed by atoms with Gasteiger partial charge in [-0.05, 0) is 92.2 Å². The van der Waals surface area contributed by atoms with Crippen LogP contribution in [0.2, 0.25) is 0 Å². The second kappa shape index (κ2) is 15.2. The zero-order chi connectivity index (χ0) is 35.0. The predicted octanol–water partition coefficient (Wildman–Crippen LogP) is 12.2. The van der Waals surface area contributed by atoms with Crippen LogP contribution in [0.15, 0.2) is 83.4 Å². The molecule has 257 valence electrons. The van der Waals surface area contributed by atoms with Crippen LogP contribution in [-0.4, -0.2) is 15.0 Å². The fourth-order valence-electron chi connectivity index (χ4n) is 6.26. The molecule has 0 aliphatic heterocycles. The van der Waals surface area contributed by atoms with Gasteiger partial charge in [0, 0.05) is 42.9 Å². The number of pyridine rings is 3. The summed E-state index contributed by atoms with van der Waals surface area (Å²) in [6.45, 7) is 21.5. The molecule has 0 amide bonds. The monoisotopic (exact) mass is 836 g/mol. The molecule has 1 radical (unpaired) electrons. The van der Waals surface area contributed by atoms with Gasteiger partial charge in [0.1, 0.15) is 0 Å². The normalized spacial score (nSPS) is 11.2. The van der Waals surface area contributed by atoms with Gasteiger partial charge in [0.05, 0.1) is 11.3 Å². The second-order valence-electron chi connectivity index (χ2n) is 13.8. The van der Waals surface area contributed by atoms with Crippen molar-refractivity contribution in [3.63, 3.8) is 0 Å². The van der Waals surface area contributed by atoms with Crippen LogP contribution < -0.4 is 0 Å². The van der Waals surface area contributed by atoms with Crippen LogP contribution in [0.4, 0.5) is 0 Å². The minimum atomic E-state index is 0. The molecule has 0 atom stereocenters. The van der Waals surface area contributed by atoms with Crippen LogP contribution in [0.3, 0.4) is 0 Å². The Morgan fingerprint density at radius 1 is 0.660 bits per heavy atom. The van der Waals surface area contributed by atoms with Gasteiger partial charge in [-0.25, -0.2) is 4.98 Å². The quantitative estimate of drug-likeness (QED) is 0.162. The van der Waals surface area contributed by atoms with E-state index in [0.29, 0.717) is 17.5 Å². The van der Waals surface area contributed by atoms with E-state index in [1.807, 2.05) is 18.3 Å². The molecule has 7 rings (SSSR count). The number of hydrogen-bond acceptors (Lipinski definition) is 4. The third-order valence-corrected chi connectivity index (χ3v) is 9.58. The molecule has 4 heterocycles. The first-order valence-electron chi connectivity index (χ1n) is 17.2. The van der Waals surface area contributed by atoms with Crippen LogP contribution in [0, 0.1) is 53.7 Å². The summed E-state index contributed by atoms with van der Waals surface area (Å²) >= 11 is 0. The fourth-order valence-corrected chi connectivity index (χ4v) is 6.26. The van der Waals surface area contributed by atoms with Crippen molar-refractivity contribution >= 4 is 22.1 Å². The first kappa shape index (κ1) is 36.8. The van der Waals surface area contributed by atoms with Crippen molar-refractivity contribution in [3.05, 3.63) is 136 Å². The van der Waals surface area contributed by atoms with E-state index in [4.69, 9.17) is 14.4 Å². The molecule has 5 heteroatoms. The SMILES string of the molecule is Cc1c[c-]c(-c2cc(C)c(C)cn2)cc1.Cc1cc(-c2[c-]ccc3c2oc2nc(-c4c(C(C)C)cccc4C(C)C)ccc23)nc(C)c1C.[Ir]. The van der Waals surface area contributed by atoms with Crippen LogP contribution in [0.1, 0.15) is 84.2 Å². The van der Waals surface area contributed by atoms with Crippen molar-refractivity contribution in [3.8, 4) is 33.8 Å². The summed E-state index contributed by atoms with van der Waals surface area (Å²) in [5.74, 6) is 0.810. The van der Waals surface area contributed by atoms with E-state index >= 15 is 0 Å². The zero-order valence-corrected chi connectivity index (χ0v) is 33.1. The Balaban J connectivity index is 0.000000255. The number of hydrogen-bond donors (Lipinski definition) is 0. The van der Waals surface area contributed by atoms with Crippen molar-refractivity contribution < 1.29 is 24.5 Å². The van der Waals surface area contributed by atoms with Crippen molar-refractivity contribution in [1.29, 1.82) is 0 Å². The van der Waals surface area contributed by atoms with Gasteiger partial charge in [-0.1, -0.05) is 87.0 Å². The van der Waals surface area contributed by atoms with E-state index < -0.39 is 0 Å². The number of aryl methyl sites for hydroxylation is 5. The number of rotatable bonds is 5. The number of furan rings is 1. The molecule has 7 aromatic rings. The molecule has 0 bridgehead atoms. The molecular formula is C45H45IrN3O-2. The van der Waals surface area contributed by atoms with Crippen molar-refractivity contribution in [2.45, 2.75) is 81.1 Å². The molecule has 0 saturated carbocycles. The minimum Gasteiger partial charge on any atom is -0.486 e. The van der Waals surface area contributed by atoms with E-state index in [0.717, 1.165) is 50.3 Å². The minimum absolute atomic E-state index is 0. The van der Waals surface area contributed by atoms with Crippen LogP contribution in [0.5, 0.6) is 0 Å². The van der Waals surface area contributed by atoms with E-state index in [2.05, 4.69) is 147 Å². The van der Waals surface area contributed by atoms with Crippen molar-refractivity contribution in [2.75, 3.05) is 0 Å². The van der Waals surface area contributed by atoms with E-state index in [1.54, 1.807) is 0 Å². The Kier molecular flexibility index (Phi) is 11.2. The van der Waals surface area contributed by atoms with Gasteiger partial charge >= 0.3 is 0 Å². The average Bonchev–Trinajstić information content (AvgIpc) is 3.46. The Morgan fingerprint density at radius 3 is 1.98 bits per heavy atom. The predicted molar refractivity (Wildman–Crippen MR) is 204 cm³/mol. The van der Waals surface area contributed by atoms with E-state index in [-0.39, 0.29) is 20.1 Å². The van der Waals surface area contributed by atoms with E-state index in [1.165, 1.54) is 44.5 Å². The molecule has 0 aliphatic carbocycles. The standard InChI is InChI=1S/C31H31N2O.C14H14N.Ir/c1-17(2)22-10-8-11-23(18(3)4)29(22)27-15-14-25-24-12-9-13-26(30(24)34-31(25)33-27)28-16-19(5)20(6)21(7)32-28;1-10-4-6-13(7-5-10)14-8-11(2)12(3)9-15-14;/h8-12,14-18H,1-7H3;4-6,8-9H,1-3H3;/q2*-1;. The Labute approximate surface area is 310 Å².